The summed E-state index contributed by atoms with van der Waals surface area (Å²) in [5.74, 6) is -2.96. The van der Waals surface area contributed by atoms with Crippen molar-refractivity contribution in [3.05, 3.63) is 69.7 Å². The maximum Gasteiger partial charge on any atom is 0.246 e. The van der Waals surface area contributed by atoms with E-state index in [0.717, 1.165) is 22.2 Å². The maximum atomic E-state index is 13.4. The Morgan fingerprint density at radius 3 is 2.52 bits per heavy atom. The maximum absolute atomic E-state index is 13.4. The van der Waals surface area contributed by atoms with Gasteiger partial charge in [0, 0.05) is 17.9 Å². The Labute approximate surface area is 152 Å². The molecule has 1 unspecified atom stereocenters. The lowest BCUT2D eigenvalue weighted by Gasteiger charge is -2.18. The molecule has 25 heavy (non-hydrogen) atoms. The average Bonchev–Trinajstić information content (AvgIpc) is 2.60. The van der Waals surface area contributed by atoms with E-state index in [1.807, 2.05) is 24.3 Å². The molecule has 2 aromatic carbocycles. The minimum Gasteiger partial charge on any atom is -0.357 e. The minimum atomic E-state index is -1.09. The van der Waals surface area contributed by atoms with Crippen molar-refractivity contribution in [2.45, 2.75) is 18.9 Å². The van der Waals surface area contributed by atoms with E-state index in [-0.39, 0.29) is 17.9 Å². The molecule has 0 bridgehead atoms. The van der Waals surface area contributed by atoms with Gasteiger partial charge in [-0.1, -0.05) is 34.1 Å². The number of amides is 2. The molecule has 2 rings (SSSR count). The van der Waals surface area contributed by atoms with Gasteiger partial charge in [-0.3, -0.25) is 9.59 Å². The van der Waals surface area contributed by atoms with Crippen molar-refractivity contribution in [2.75, 3.05) is 7.05 Å². The second-order valence-electron chi connectivity index (χ2n) is 5.42. The van der Waals surface area contributed by atoms with Crippen LogP contribution >= 0.6 is 15.9 Å². The third-order valence-electron chi connectivity index (χ3n) is 3.62. The Kier molecular flexibility index (Phi) is 6.64. The zero-order valence-corrected chi connectivity index (χ0v) is 15.1. The van der Waals surface area contributed by atoms with Crippen LogP contribution in [-0.2, 0) is 16.0 Å². The predicted octanol–water partition coefficient (Wildman–Crippen LogP) is 3.26. The molecule has 0 fully saturated rings. The fraction of sp³-hybridized carbons (Fsp3) is 0.222. The quantitative estimate of drug-likeness (QED) is 0.767. The first kappa shape index (κ1) is 19.1. The zero-order valence-electron chi connectivity index (χ0n) is 13.5. The van der Waals surface area contributed by atoms with Crippen molar-refractivity contribution in [1.29, 1.82) is 0 Å². The van der Waals surface area contributed by atoms with Gasteiger partial charge in [-0.25, -0.2) is 8.78 Å². The van der Waals surface area contributed by atoms with Gasteiger partial charge in [-0.15, -0.1) is 0 Å². The lowest BCUT2D eigenvalue weighted by Crippen LogP contribution is -2.39. The number of carbonyl (C=O) groups is 2. The number of benzene rings is 2. The van der Waals surface area contributed by atoms with Crippen LogP contribution in [0, 0.1) is 11.6 Å². The fourth-order valence-corrected chi connectivity index (χ4v) is 2.77. The fourth-order valence-electron chi connectivity index (χ4n) is 2.32. The number of hydrogen-bond acceptors (Lipinski definition) is 2. The van der Waals surface area contributed by atoms with Crippen molar-refractivity contribution >= 4 is 27.7 Å². The highest BCUT2D eigenvalue weighted by atomic mass is 79.9. The monoisotopic (exact) mass is 410 g/mol. The zero-order chi connectivity index (χ0) is 18.4. The Hall–Kier alpha value is -2.28. The molecule has 1 atom stereocenters. The Bertz CT molecular complexity index is 783. The normalized spacial score (nSPS) is 11.7. The van der Waals surface area contributed by atoms with E-state index in [2.05, 4.69) is 26.6 Å². The third kappa shape index (κ3) is 5.35. The SMILES string of the molecule is CNC(=O)C(NC(=O)CCc1cccc(Br)c1)c1ccc(F)c(F)c1. The molecule has 0 aliphatic rings. The molecule has 0 radical (unpaired) electrons. The molecule has 0 aliphatic carbocycles. The summed E-state index contributed by atoms with van der Waals surface area (Å²) in [7, 11) is 1.41. The summed E-state index contributed by atoms with van der Waals surface area (Å²) in [6, 6.07) is 9.56. The van der Waals surface area contributed by atoms with Crippen LogP contribution in [0.4, 0.5) is 8.78 Å². The van der Waals surface area contributed by atoms with E-state index in [1.54, 1.807) is 0 Å². The standard InChI is InChI=1S/C18H17BrF2N2O2/c1-22-18(25)17(12-6-7-14(20)15(21)10-12)23-16(24)8-5-11-3-2-4-13(19)9-11/h2-4,6-7,9-10,17H,5,8H2,1H3,(H,22,25)(H,23,24). The summed E-state index contributed by atoms with van der Waals surface area (Å²) < 4.78 is 27.4. The number of carbonyl (C=O) groups excluding carboxylic acids is 2. The second kappa shape index (κ2) is 8.71. The van der Waals surface area contributed by atoms with Gasteiger partial charge in [0.1, 0.15) is 6.04 Å². The summed E-state index contributed by atoms with van der Waals surface area (Å²) in [5.41, 5.74) is 1.14. The largest absolute Gasteiger partial charge is 0.357 e. The number of likely N-dealkylation sites (N-methyl/N-ethyl adjacent to an activating group) is 1. The minimum absolute atomic E-state index is 0.160. The van der Waals surface area contributed by atoms with Gasteiger partial charge in [0.2, 0.25) is 11.8 Å². The first-order chi connectivity index (χ1) is 11.9. The number of halogens is 3. The van der Waals surface area contributed by atoms with Gasteiger partial charge >= 0.3 is 0 Å². The Morgan fingerprint density at radius 1 is 1.12 bits per heavy atom. The van der Waals surface area contributed by atoms with E-state index in [0.29, 0.717) is 6.42 Å². The van der Waals surface area contributed by atoms with Gasteiger partial charge in [-0.2, -0.15) is 0 Å². The molecular weight excluding hydrogens is 394 g/mol. The lowest BCUT2D eigenvalue weighted by atomic mass is 10.0. The number of nitrogens with one attached hydrogen (secondary N) is 2. The van der Waals surface area contributed by atoms with E-state index < -0.39 is 23.6 Å². The molecule has 0 aromatic heterocycles. The lowest BCUT2D eigenvalue weighted by molar-refractivity contribution is -0.128. The molecule has 0 aliphatic heterocycles. The highest BCUT2D eigenvalue weighted by Gasteiger charge is 2.22. The number of rotatable bonds is 6. The molecule has 2 aromatic rings. The molecule has 2 N–H and O–H groups in total. The van der Waals surface area contributed by atoms with Gasteiger partial charge in [0.25, 0.3) is 0 Å². The average molecular weight is 411 g/mol. The van der Waals surface area contributed by atoms with Crippen LogP contribution in [0.5, 0.6) is 0 Å². The highest BCUT2D eigenvalue weighted by molar-refractivity contribution is 9.10. The van der Waals surface area contributed by atoms with Gasteiger partial charge in [0.15, 0.2) is 11.6 Å². The molecule has 0 heterocycles. The van der Waals surface area contributed by atoms with Crippen molar-refractivity contribution in [3.63, 3.8) is 0 Å². The molecule has 0 saturated carbocycles. The number of aryl methyl sites for hydroxylation is 1. The van der Waals surface area contributed by atoms with Crippen LogP contribution in [0.1, 0.15) is 23.6 Å². The molecule has 4 nitrogen and oxygen atoms in total. The van der Waals surface area contributed by atoms with Crippen molar-refractivity contribution in [2.24, 2.45) is 0 Å². The van der Waals surface area contributed by atoms with Gasteiger partial charge in [-0.05, 0) is 41.8 Å². The van der Waals surface area contributed by atoms with Crippen LogP contribution in [0.3, 0.4) is 0 Å². The topological polar surface area (TPSA) is 58.2 Å². The van der Waals surface area contributed by atoms with Crippen LogP contribution in [0.15, 0.2) is 46.9 Å². The van der Waals surface area contributed by atoms with E-state index >= 15 is 0 Å². The summed E-state index contributed by atoms with van der Waals surface area (Å²) in [5, 5.41) is 4.97. The molecule has 0 spiro atoms. The molecule has 2 amide bonds. The van der Waals surface area contributed by atoms with Crippen LogP contribution in [-0.4, -0.2) is 18.9 Å². The highest BCUT2D eigenvalue weighted by Crippen LogP contribution is 2.18. The molecule has 7 heteroatoms. The molecular formula is C18H17BrF2N2O2. The Balaban J connectivity index is 2.07. The van der Waals surface area contributed by atoms with E-state index in [9.17, 15) is 18.4 Å². The molecule has 0 saturated heterocycles. The summed E-state index contributed by atoms with van der Waals surface area (Å²) >= 11 is 3.36. The van der Waals surface area contributed by atoms with E-state index in [4.69, 9.17) is 0 Å². The van der Waals surface area contributed by atoms with Crippen LogP contribution in [0.2, 0.25) is 0 Å². The molecule has 132 valence electrons. The first-order valence-corrected chi connectivity index (χ1v) is 8.40. The van der Waals surface area contributed by atoms with E-state index in [1.165, 1.54) is 13.1 Å². The smallest absolute Gasteiger partial charge is 0.246 e. The van der Waals surface area contributed by atoms with Crippen molar-refractivity contribution in [3.8, 4) is 0 Å². The van der Waals surface area contributed by atoms with Crippen molar-refractivity contribution in [1.82, 2.24) is 10.6 Å². The first-order valence-electron chi connectivity index (χ1n) is 7.61. The van der Waals surface area contributed by atoms with Gasteiger partial charge < -0.3 is 10.6 Å². The summed E-state index contributed by atoms with van der Waals surface area (Å²) in [4.78, 5) is 24.2. The predicted molar refractivity (Wildman–Crippen MR) is 93.8 cm³/mol. The summed E-state index contributed by atoms with van der Waals surface area (Å²) in [6.45, 7) is 0. The van der Waals surface area contributed by atoms with Gasteiger partial charge in [0.05, 0.1) is 0 Å². The number of hydrogen-bond donors (Lipinski definition) is 2. The van der Waals surface area contributed by atoms with Crippen LogP contribution in [0.25, 0.3) is 0 Å². The van der Waals surface area contributed by atoms with Crippen LogP contribution < -0.4 is 10.6 Å². The van der Waals surface area contributed by atoms with Crippen molar-refractivity contribution < 1.29 is 18.4 Å². The summed E-state index contributed by atoms with van der Waals surface area (Å²) in [6.07, 6.45) is 0.650. The third-order valence-corrected chi connectivity index (χ3v) is 4.11. The Morgan fingerprint density at radius 2 is 1.88 bits per heavy atom. The second-order valence-corrected chi connectivity index (χ2v) is 6.33.